The molecule has 0 aliphatic carbocycles. The first-order valence-corrected chi connectivity index (χ1v) is 11.2. The lowest BCUT2D eigenvalue weighted by atomic mass is 10.2. The van der Waals surface area contributed by atoms with E-state index in [-0.39, 0.29) is 10.0 Å². The summed E-state index contributed by atoms with van der Waals surface area (Å²) in [6.45, 7) is 1.31. The second kappa shape index (κ2) is 9.71. The molecular weight excluding hydrogens is 450 g/mol. The fourth-order valence-corrected chi connectivity index (χ4v) is 4.65. The van der Waals surface area contributed by atoms with Gasteiger partial charge in [0.2, 0.25) is 10.0 Å². The van der Waals surface area contributed by atoms with E-state index >= 15 is 0 Å². The molecule has 0 saturated carbocycles. The number of ether oxygens (including phenoxy) is 2. The molecule has 0 unspecified atom stereocenters. The third-order valence-electron chi connectivity index (χ3n) is 4.34. The molecule has 2 N–H and O–H groups in total. The summed E-state index contributed by atoms with van der Waals surface area (Å²) in [4.78, 5) is 11.8. The van der Waals surface area contributed by atoms with Crippen molar-refractivity contribution in [3.05, 3.63) is 53.1 Å². The van der Waals surface area contributed by atoms with Crippen molar-refractivity contribution in [2.45, 2.75) is 4.90 Å². The summed E-state index contributed by atoms with van der Waals surface area (Å²) in [6, 6.07) is 11.0. The highest BCUT2D eigenvalue weighted by molar-refractivity contribution is 7.89. The summed E-state index contributed by atoms with van der Waals surface area (Å²) in [5.74, 6) is -0.471. The maximum atomic E-state index is 12.9. The predicted octanol–water partition coefficient (Wildman–Crippen LogP) is 2.96. The van der Waals surface area contributed by atoms with E-state index in [0.717, 1.165) is 0 Å². The second-order valence-electron chi connectivity index (χ2n) is 6.31. The molecule has 160 valence electrons. The average molecular weight is 470 g/mol. The number of nitrogens with one attached hydrogen (secondary N) is 2. The van der Waals surface area contributed by atoms with Crippen molar-refractivity contribution < 1.29 is 22.7 Å². The van der Waals surface area contributed by atoms with Crippen molar-refractivity contribution >= 4 is 56.3 Å². The summed E-state index contributed by atoms with van der Waals surface area (Å²) < 4.78 is 37.0. The van der Waals surface area contributed by atoms with Gasteiger partial charge in [-0.2, -0.15) is 4.31 Å². The highest BCUT2D eigenvalue weighted by Crippen LogP contribution is 2.27. The van der Waals surface area contributed by atoms with E-state index in [1.165, 1.54) is 29.6 Å². The second-order valence-corrected chi connectivity index (χ2v) is 9.06. The predicted molar refractivity (Wildman–Crippen MR) is 119 cm³/mol. The van der Waals surface area contributed by atoms with Crippen molar-refractivity contribution in [3.63, 3.8) is 0 Å². The molecule has 30 heavy (non-hydrogen) atoms. The molecule has 0 bridgehead atoms. The number of benzene rings is 2. The number of anilines is 2. The Morgan fingerprint density at radius 2 is 1.90 bits per heavy atom. The van der Waals surface area contributed by atoms with Gasteiger partial charge in [-0.15, -0.1) is 0 Å². The van der Waals surface area contributed by atoms with E-state index in [1.54, 1.807) is 24.3 Å². The van der Waals surface area contributed by atoms with E-state index in [2.05, 4.69) is 10.6 Å². The Morgan fingerprint density at radius 1 is 1.17 bits per heavy atom. The van der Waals surface area contributed by atoms with Crippen LogP contribution in [0.5, 0.6) is 0 Å². The molecule has 2 aromatic carbocycles. The van der Waals surface area contributed by atoms with E-state index < -0.39 is 16.0 Å². The smallest absolute Gasteiger partial charge is 0.337 e. The largest absolute Gasteiger partial charge is 0.465 e. The first kappa shape index (κ1) is 22.4. The fraction of sp³-hybridized carbons (Fsp3) is 0.263. The molecule has 0 atom stereocenters. The van der Waals surface area contributed by atoms with Crippen LogP contribution in [-0.2, 0) is 19.5 Å². The third-order valence-corrected chi connectivity index (χ3v) is 6.76. The fourth-order valence-electron chi connectivity index (χ4n) is 2.82. The lowest BCUT2D eigenvalue weighted by Crippen LogP contribution is -2.40. The molecule has 1 aliphatic rings. The van der Waals surface area contributed by atoms with Crippen molar-refractivity contribution in [3.8, 4) is 0 Å². The number of carbonyl (C=O) groups excluding carboxylic acids is 1. The molecule has 3 rings (SSSR count). The van der Waals surface area contributed by atoms with Gasteiger partial charge in [0, 0.05) is 18.8 Å². The van der Waals surface area contributed by atoms with Crippen LogP contribution >= 0.6 is 23.8 Å². The van der Waals surface area contributed by atoms with Gasteiger partial charge in [-0.25, -0.2) is 13.2 Å². The van der Waals surface area contributed by atoms with Gasteiger partial charge in [0.25, 0.3) is 0 Å². The minimum atomic E-state index is -3.67. The standard InChI is InChI=1S/C19H20ClN3O5S2/c1-27-18(24)13-3-2-4-14(11-13)21-19(29)22-17-12-15(5-6-16(17)20)30(25,26)23-7-9-28-10-8-23/h2-6,11-12H,7-10H2,1H3,(H2,21,22,29). The van der Waals surface area contributed by atoms with Crippen molar-refractivity contribution in [2.75, 3.05) is 44.0 Å². The number of nitrogens with zero attached hydrogens (tertiary/aromatic N) is 1. The van der Waals surface area contributed by atoms with Gasteiger partial charge in [-0.3, -0.25) is 0 Å². The molecule has 0 radical (unpaired) electrons. The molecule has 8 nitrogen and oxygen atoms in total. The molecule has 0 spiro atoms. The zero-order valence-corrected chi connectivity index (χ0v) is 18.4. The molecule has 0 aromatic heterocycles. The summed E-state index contributed by atoms with van der Waals surface area (Å²) in [5, 5.41) is 6.33. The molecule has 1 heterocycles. The van der Waals surface area contributed by atoms with Crippen LogP contribution in [0.15, 0.2) is 47.4 Å². The highest BCUT2D eigenvalue weighted by Gasteiger charge is 2.27. The van der Waals surface area contributed by atoms with Gasteiger partial charge in [0.15, 0.2) is 5.11 Å². The third kappa shape index (κ3) is 5.27. The summed E-state index contributed by atoms with van der Waals surface area (Å²) in [5.41, 5.74) is 1.26. The minimum Gasteiger partial charge on any atom is -0.465 e. The Kier molecular flexibility index (Phi) is 7.27. The Hall–Kier alpha value is -2.24. The quantitative estimate of drug-likeness (QED) is 0.509. The normalized spacial score (nSPS) is 14.7. The van der Waals surface area contributed by atoms with E-state index in [4.69, 9.17) is 33.3 Å². The summed E-state index contributed by atoms with van der Waals surface area (Å²) >= 11 is 11.5. The average Bonchev–Trinajstić information content (AvgIpc) is 2.75. The molecular formula is C19H20ClN3O5S2. The van der Waals surface area contributed by atoms with Gasteiger partial charge in [0.05, 0.1) is 41.5 Å². The number of hydrogen-bond donors (Lipinski definition) is 2. The number of halogens is 1. The van der Waals surface area contributed by atoms with E-state index in [1.807, 2.05) is 0 Å². The lowest BCUT2D eigenvalue weighted by molar-refractivity contribution is 0.0601. The number of carbonyl (C=O) groups is 1. The number of esters is 1. The Morgan fingerprint density at radius 3 is 2.60 bits per heavy atom. The maximum absolute atomic E-state index is 12.9. The van der Waals surface area contributed by atoms with Gasteiger partial charge < -0.3 is 20.1 Å². The number of thiocarbonyl (C=S) groups is 1. The number of methoxy groups -OCH3 is 1. The Labute approximate surface area is 185 Å². The first-order valence-electron chi connectivity index (χ1n) is 8.95. The van der Waals surface area contributed by atoms with Crippen molar-refractivity contribution in [1.29, 1.82) is 0 Å². The van der Waals surface area contributed by atoms with Crippen LogP contribution in [0.25, 0.3) is 0 Å². The van der Waals surface area contributed by atoms with Gasteiger partial charge >= 0.3 is 5.97 Å². The van der Waals surface area contributed by atoms with Gasteiger partial charge in [0.1, 0.15) is 0 Å². The molecule has 1 fully saturated rings. The van der Waals surface area contributed by atoms with Crippen LogP contribution in [0.1, 0.15) is 10.4 Å². The number of sulfonamides is 1. The van der Waals surface area contributed by atoms with Crippen LogP contribution in [0.4, 0.5) is 11.4 Å². The van der Waals surface area contributed by atoms with Gasteiger partial charge in [-0.1, -0.05) is 17.7 Å². The minimum absolute atomic E-state index is 0.104. The number of rotatable bonds is 5. The van der Waals surface area contributed by atoms with Crippen LogP contribution in [-0.4, -0.2) is 57.2 Å². The summed E-state index contributed by atoms with van der Waals surface area (Å²) in [7, 11) is -2.37. The molecule has 2 aromatic rings. The molecule has 11 heteroatoms. The van der Waals surface area contributed by atoms with Crippen LogP contribution in [0, 0.1) is 0 Å². The topological polar surface area (TPSA) is 97.0 Å². The SMILES string of the molecule is COC(=O)c1cccc(NC(=S)Nc2cc(S(=O)(=O)N3CCOCC3)ccc2Cl)c1. The van der Waals surface area contributed by atoms with Gasteiger partial charge in [-0.05, 0) is 48.6 Å². The van der Waals surface area contributed by atoms with E-state index in [9.17, 15) is 13.2 Å². The molecule has 1 saturated heterocycles. The van der Waals surface area contributed by atoms with Crippen LogP contribution in [0.2, 0.25) is 5.02 Å². The number of morpholine rings is 1. The molecule has 1 aliphatic heterocycles. The first-order chi connectivity index (χ1) is 14.3. The lowest BCUT2D eigenvalue weighted by Gasteiger charge is -2.26. The summed E-state index contributed by atoms with van der Waals surface area (Å²) in [6.07, 6.45) is 0. The number of hydrogen-bond acceptors (Lipinski definition) is 6. The van der Waals surface area contributed by atoms with Crippen LogP contribution < -0.4 is 10.6 Å². The van der Waals surface area contributed by atoms with Crippen molar-refractivity contribution in [2.24, 2.45) is 0 Å². The van der Waals surface area contributed by atoms with Crippen LogP contribution in [0.3, 0.4) is 0 Å². The zero-order valence-electron chi connectivity index (χ0n) is 16.1. The molecule has 0 amide bonds. The Balaban J connectivity index is 1.76. The monoisotopic (exact) mass is 469 g/mol. The van der Waals surface area contributed by atoms with Crippen molar-refractivity contribution in [1.82, 2.24) is 4.31 Å². The Bertz CT molecular complexity index is 1060. The zero-order chi connectivity index (χ0) is 21.7. The maximum Gasteiger partial charge on any atom is 0.337 e. The van der Waals surface area contributed by atoms with E-state index in [0.29, 0.717) is 48.3 Å². The highest BCUT2D eigenvalue weighted by atomic mass is 35.5.